The summed E-state index contributed by atoms with van der Waals surface area (Å²) < 4.78 is 27.3. The molecule has 2 N–H and O–H groups in total. The number of likely N-dealkylation sites (tertiary alicyclic amines) is 1. The summed E-state index contributed by atoms with van der Waals surface area (Å²) in [6.45, 7) is 11.0. The molecule has 1 aliphatic heterocycles. The minimum Gasteiger partial charge on any atom is -0.378 e. The number of rotatable bonds is 17. The number of pyridine rings is 4. The molecule has 0 radical (unpaired) electrons. The zero-order valence-corrected chi connectivity index (χ0v) is 37.7. The molecule has 1 fully saturated rings. The van der Waals surface area contributed by atoms with Gasteiger partial charge in [-0.2, -0.15) is 20.4 Å². The van der Waals surface area contributed by atoms with Gasteiger partial charge in [0.05, 0.1) is 66.0 Å². The number of fused-ring (bicyclic) bond motifs is 2. The van der Waals surface area contributed by atoms with Crippen LogP contribution < -0.4 is 10.6 Å². The molecule has 0 saturated carbocycles. The van der Waals surface area contributed by atoms with Crippen molar-refractivity contribution in [3.05, 3.63) is 109 Å². The van der Waals surface area contributed by atoms with Crippen molar-refractivity contribution in [2.75, 3.05) is 44.5 Å². The Labute approximate surface area is 381 Å². The van der Waals surface area contributed by atoms with Crippen LogP contribution in [0.3, 0.4) is 0 Å². The molecule has 1 aliphatic rings. The van der Waals surface area contributed by atoms with Gasteiger partial charge in [-0.05, 0) is 71.5 Å². The summed E-state index contributed by atoms with van der Waals surface area (Å²) in [5.74, 6) is 3.35. The molecular weight excluding hydrogens is 842 g/mol. The maximum Gasteiger partial charge on any atom is 0.154 e. The van der Waals surface area contributed by atoms with Gasteiger partial charge in [0.2, 0.25) is 0 Å². The van der Waals surface area contributed by atoms with Gasteiger partial charge in [0.1, 0.15) is 23.9 Å². The molecule has 340 valence electrons. The number of hydrogen-bond acceptors (Lipinski definition) is 16. The molecule has 0 bridgehead atoms. The highest BCUT2D eigenvalue weighted by atomic mass is 19.1. The van der Waals surface area contributed by atoms with Crippen LogP contribution in [0.4, 0.5) is 27.7 Å². The van der Waals surface area contributed by atoms with E-state index in [1.54, 1.807) is 36.6 Å². The van der Waals surface area contributed by atoms with Crippen LogP contribution in [0.5, 0.6) is 0 Å². The lowest BCUT2D eigenvalue weighted by atomic mass is 10.1. The second-order valence-electron chi connectivity index (χ2n) is 16.7. The Morgan fingerprint density at radius 2 is 1.15 bits per heavy atom. The molecule has 0 aliphatic carbocycles. The maximum absolute atomic E-state index is 13.1. The van der Waals surface area contributed by atoms with Crippen molar-refractivity contribution in [1.29, 1.82) is 0 Å². The largest absolute Gasteiger partial charge is 0.378 e. The van der Waals surface area contributed by atoms with Crippen LogP contribution in [0, 0.1) is 0 Å². The molecule has 9 rings (SSSR count). The van der Waals surface area contributed by atoms with Crippen LogP contribution in [-0.4, -0.2) is 123 Å². The number of anilines is 4. The van der Waals surface area contributed by atoms with Gasteiger partial charge in [0.15, 0.2) is 17.9 Å². The number of carbonyl (C=O) groups excluding carboxylic acids is 1. The first-order chi connectivity index (χ1) is 32.0. The number of nitrogens with zero attached hydrogens (tertiary/aromatic N) is 13. The Kier molecular flexibility index (Phi) is 14.2. The number of aldehydes is 1. The molecule has 18 nitrogen and oxygen atoms in total. The van der Waals surface area contributed by atoms with Gasteiger partial charge in [-0.1, -0.05) is 27.7 Å². The number of aromatic nitrogens is 12. The zero-order valence-electron chi connectivity index (χ0n) is 37.7. The number of methoxy groups -OCH3 is 2. The molecule has 1 saturated heterocycles. The van der Waals surface area contributed by atoms with Crippen molar-refractivity contribution in [1.82, 2.24) is 64.8 Å². The topological polar surface area (TPSA) is 202 Å². The van der Waals surface area contributed by atoms with Crippen molar-refractivity contribution in [3.8, 4) is 22.3 Å². The first-order valence-corrected chi connectivity index (χ1v) is 21.7. The van der Waals surface area contributed by atoms with E-state index in [9.17, 15) is 9.18 Å². The fourth-order valence-corrected chi connectivity index (χ4v) is 7.19. The first-order valence-electron chi connectivity index (χ1n) is 21.7. The van der Waals surface area contributed by atoms with Crippen LogP contribution in [0.25, 0.3) is 44.3 Å². The lowest BCUT2D eigenvalue weighted by molar-refractivity contribution is -0.117. The first kappa shape index (κ1) is 45.4. The summed E-state index contributed by atoms with van der Waals surface area (Å²) in [6.07, 6.45) is 14.0. The summed E-state index contributed by atoms with van der Waals surface area (Å²) in [6, 6.07) is 15.5. The second kappa shape index (κ2) is 20.7. The summed E-state index contributed by atoms with van der Waals surface area (Å²) >= 11 is 0. The molecule has 8 aromatic rings. The highest BCUT2D eigenvalue weighted by Gasteiger charge is 2.28. The molecule has 9 heterocycles. The van der Waals surface area contributed by atoms with E-state index in [4.69, 9.17) is 14.5 Å². The van der Waals surface area contributed by atoms with Gasteiger partial charge < -0.3 is 24.9 Å². The zero-order chi connectivity index (χ0) is 46.2. The van der Waals surface area contributed by atoms with Crippen LogP contribution >= 0.6 is 0 Å². The Hall–Kier alpha value is -7.22. The third kappa shape index (κ3) is 11.3. The quantitative estimate of drug-likeness (QED) is 0.0870. The lowest BCUT2D eigenvalue weighted by Crippen LogP contribution is -2.51. The molecule has 8 aromatic heterocycles. The SMILES string of the molecule is COC(C=O)Cn1cc(-c2cnc3ccc(Nc4cc(C(C)C)cnn4)nc3c2)cn1.COC(CN1CC(F)C1)Cn1cc(-c2cnc3ccc(Nc4cc(C(C)C)cnn4)nc3c2)cn1. The summed E-state index contributed by atoms with van der Waals surface area (Å²) in [7, 11) is 3.18. The van der Waals surface area contributed by atoms with Crippen LogP contribution in [0.1, 0.15) is 50.7 Å². The van der Waals surface area contributed by atoms with E-state index >= 15 is 0 Å². The Morgan fingerprint density at radius 1 is 0.636 bits per heavy atom. The van der Waals surface area contributed by atoms with Gasteiger partial charge in [-0.25, -0.2) is 14.4 Å². The van der Waals surface area contributed by atoms with Gasteiger partial charge >= 0.3 is 0 Å². The minimum atomic E-state index is -0.716. The number of halogens is 1. The highest BCUT2D eigenvalue weighted by molar-refractivity contribution is 5.83. The van der Waals surface area contributed by atoms with E-state index in [1.807, 2.05) is 78.0 Å². The van der Waals surface area contributed by atoms with Crippen molar-refractivity contribution < 1.29 is 18.7 Å². The standard InChI is InChI=1S/C25H29FN8O.C22H23N7O2/c1-16(2)17-7-25(32-28-9-17)31-24-5-4-22-23(30-24)6-18(8-27-22)19-10-29-34(11-19)15-21(35-3)14-33-12-20(26)13-33;1-14(2)15-7-22(28-24-9-15)27-21-5-4-19-20(26-21)6-16(8-23-19)17-10-25-29(11-17)12-18(13-30)31-3/h4-11,16,20-21H,12-15H2,1-3H3,(H,30,31,32);4-11,13-14,18H,12H2,1-3H3,(H,26,27,28). The van der Waals surface area contributed by atoms with Crippen molar-refractivity contribution in [2.45, 2.75) is 71.0 Å². The second-order valence-corrected chi connectivity index (χ2v) is 16.7. The van der Waals surface area contributed by atoms with E-state index in [2.05, 4.69) is 88.8 Å². The van der Waals surface area contributed by atoms with Crippen LogP contribution in [0.15, 0.2) is 98.1 Å². The summed E-state index contributed by atoms with van der Waals surface area (Å²) in [4.78, 5) is 31.5. The van der Waals surface area contributed by atoms with Crippen molar-refractivity contribution >= 4 is 51.6 Å². The number of alkyl halides is 1. The molecule has 2 atom stereocenters. The highest BCUT2D eigenvalue weighted by Crippen LogP contribution is 2.26. The number of ether oxygens (including phenoxy) is 2. The van der Waals surface area contributed by atoms with Gasteiger partial charge in [0.25, 0.3) is 0 Å². The van der Waals surface area contributed by atoms with Crippen molar-refractivity contribution in [3.63, 3.8) is 0 Å². The Bertz CT molecular complexity index is 2900. The molecule has 0 amide bonds. The third-order valence-electron chi connectivity index (χ3n) is 11.1. The molecule has 2 unspecified atom stereocenters. The van der Waals surface area contributed by atoms with E-state index in [-0.39, 0.29) is 6.10 Å². The fourth-order valence-electron chi connectivity index (χ4n) is 7.19. The van der Waals surface area contributed by atoms with E-state index < -0.39 is 12.3 Å². The van der Waals surface area contributed by atoms with Crippen LogP contribution in [0.2, 0.25) is 0 Å². The number of nitrogens with one attached hydrogen (secondary N) is 2. The summed E-state index contributed by atoms with van der Waals surface area (Å²) in [5, 5.41) is 31.7. The van der Waals surface area contributed by atoms with Crippen LogP contribution in [-0.2, 0) is 27.4 Å². The molecule has 66 heavy (non-hydrogen) atoms. The Balaban J connectivity index is 0.000000181. The predicted molar refractivity (Wildman–Crippen MR) is 249 cm³/mol. The van der Waals surface area contributed by atoms with E-state index in [1.165, 1.54) is 7.11 Å². The smallest absolute Gasteiger partial charge is 0.154 e. The normalized spacial score (nSPS) is 14.0. The average Bonchev–Trinajstić information content (AvgIpc) is 4.00. The van der Waals surface area contributed by atoms with Crippen molar-refractivity contribution in [2.24, 2.45) is 0 Å². The number of hydrogen-bond donors (Lipinski definition) is 2. The molecule has 0 spiro atoms. The maximum atomic E-state index is 13.1. The lowest BCUT2D eigenvalue weighted by Gasteiger charge is -2.36. The monoisotopic (exact) mass is 893 g/mol. The third-order valence-corrected chi connectivity index (χ3v) is 11.1. The van der Waals surface area contributed by atoms with Gasteiger partial charge in [-0.15, -0.1) is 10.2 Å². The summed E-state index contributed by atoms with van der Waals surface area (Å²) in [5.41, 5.74) is 8.92. The van der Waals surface area contributed by atoms with E-state index in [0.717, 1.165) is 61.7 Å². The molecule has 0 aromatic carbocycles. The molecule has 19 heteroatoms. The van der Waals surface area contributed by atoms with Gasteiger partial charge in [-0.3, -0.25) is 24.2 Å². The minimum absolute atomic E-state index is 0.0578. The van der Waals surface area contributed by atoms with Gasteiger partial charge in [0, 0.05) is 80.9 Å². The molecular formula is C47H52FN15O3. The predicted octanol–water partition coefficient (Wildman–Crippen LogP) is 7.18. The number of carbonyl (C=O) groups is 1. The van der Waals surface area contributed by atoms with E-state index in [0.29, 0.717) is 67.8 Å². The Morgan fingerprint density at radius 3 is 1.61 bits per heavy atom. The average molecular weight is 894 g/mol. The fraction of sp³-hybridized carbons (Fsp3) is 0.340.